The zero-order valence-corrected chi connectivity index (χ0v) is 19.3. The Balaban J connectivity index is 1.41. The summed E-state index contributed by atoms with van der Waals surface area (Å²) in [5.41, 5.74) is 0. The molecule has 0 saturated heterocycles. The lowest BCUT2D eigenvalue weighted by atomic mass is 10.1. The van der Waals surface area contributed by atoms with Gasteiger partial charge in [-0.25, -0.2) is 0 Å². The maximum atomic E-state index is 13.6. The van der Waals surface area contributed by atoms with Crippen LogP contribution in [-0.2, 0) is 22.7 Å². The van der Waals surface area contributed by atoms with Crippen molar-refractivity contribution in [2.45, 2.75) is 57.8 Å². The fourth-order valence-electron chi connectivity index (χ4n) is 4.29. The minimum atomic E-state index is -0.987. The molecule has 2 amide bonds. The molecule has 182 valence electrons. The molecule has 4 aromatic heterocycles. The van der Waals surface area contributed by atoms with E-state index >= 15 is 0 Å². The van der Waals surface area contributed by atoms with E-state index in [-0.39, 0.29) is 30.9 Å². The first-order valence-corrected chi connectivity index (χ1v) is 11.6. The minimum Gasteiger partial charge on any atom is -0.467 e. The molecule has 5 rings (SSSR count). The van der Waals surface area contributed by atoms with Crippen LogP contribution in [0.5, 0.6) is 0 Å². The van der Waals surface area contributed by atoms with E-state index in [2.05, 4.69) is 20.7 Å². The van der Waals surface area contributed by atoms with Crippen molar-refractivity contribution in [2.75, 3.05) is 0 Å². The van der Waals surface area contributed by atoms with E-state index in [4.69, 9.17) is 13.3 Å². The number of amides is 2. The fourth-order valence-corrected chi connectivity index (χ4v) is 4.29. The predicted octanol–water partition coefficient (Wildman–Crippen LogP) is 3.26. The van der Waals surface area contributed by atoms with Crippen LogP contribution >= 0.6 is 0 Å². The van der Waals surface area contributed by atoms with Crippen LogP contribution in [0.1, 0.15) is 49.0 Å². The van der Waals surface area contributed by atoms with Crippen molar-refractivity contribution in [1.29, 1.82) is 0 Å². The number of aromatic nitrogens is 4. The molecule has 4 heterocycles. The van der Waals surface area contributed by atoms with Crippen LogP contribution in [0.2, 0.25) is 0 Å². The number of rotatable bonds is 9. The number of hydrogen-bond acceptors (Lipinski definition) is 8. The summed E-state index contributed by atoms with van der Waals surface area (Å²) in [5.74, 6) is 1.63. The van der Waals surface area contributed by atoms with E-state index in [1.807, 2.05) is 6.92 Å². The summed E-state index contributed by atoms with van der Waals surface area (Å²) in [4.78, 5) is 29.6. The van der Waals surface area contributed by atoms with Crippen LogP contribution < -0.4 is 5.32 Å². The van der Waals surface area contributed by atoms with Crippen LogP contribution in [0.3, 0.4) is 0 Å². The first-order chi connectivity index (χ1) is 17.1. The highest BCUT2D eigenvalue weighted by atomic mass is 16.3. The van der Waals surface area contributed by atoms with Gasteiger partial charge in [0.2, 0.25) is 11.7 Å². The number of aryl methyl sites for hydroxylation is 1. The van der Waals surface area contributed by atoms with Gasteiger partial charge in [0, 0.05) is 6.04 Å². The third-order valence-corrected chi connectivity index (χ3v) is 5.99. The number of carbonyl (C=O) groups excluding carboxylic acids is 2. The van der Waals surface area contributed by atoms with Gasteiger partial charge in [0.05, 0.1) is 19.1 Å². The van der Waals surface area contributed by atoms with Gasteiger partial charge in [-0.05, 0) is 61.4 Å². The Morgan fingerprint density at radius 1 is 1.14 bits per heavy atom. The molecule has 0 aromatic carbocycles. The van der Waals surface area contributed by atoms with Crippen molar-refractivity contribution in [3.63, 3.8) is 0 Å². The quantitative estimate of drug-likeness (QED) is 0.388. The molecule has 1 atom stereocenters. The highest BCUT2D eigenvalue weighted by Gasteiger charge is 2.36. The van der Waals surface area contributed by atoms with Gasteiger partial charge in [-0.15, -0.1) is 10.2 Å². The molecule has 1 fully saturated rings. The number of hydrogen-bond donors (Lipinski definition) is 1. The SMILES string of the molecule is Cc1ccc(-c2nnn(CC(=O)N(Cc3ccco3)[C@H](C(=O)NC3CCCC3)c3ccco3)n2)o1. The Labute approximate surface area is 201 Å². The van der Waals surface area contributed by atoms with Gasteiger partial charge in [0.15, 0.2) is 11.8 Å². The molecule has 11 heteroatoms. The summed E-state index contributed by atoms with van der Waals surface area (Å²) in [6.07, 6.45) is 6.98. The molecule has 0 aliphatic heterocycles. The molecule has 0 bridgehead atoms. The van der Waals surface area contributed by atoms with Crippen molar-refractivity contribution >= 4 is 11.8 Å². The second-order valence-corrected chi connectivity index (χ2v) is 8.56. The van der Waals surface area contributed by atoms with Crippen LogP contribution in [-0.4, -0.2) is 43.0 Å². The Hall–Kier alpha value is -4.15. The molecule has 11 nitrogen and oxygen atoms in total. The zero-order chi connectivity index (χ0) is 24.2. The van der Waals surface area contributed by atoms with E-state index in [0.29, 0.717) is 23.0 Å². The highest BCUT2D eigenvalue weighted by molar-refractivity contribution is 5.88. The van der Waals surface area contributed by atoms with E-state index in [9.17, 15) is 9.59 Å². The third-order valence-electron chi connectivity index (χ3n) is 5.99. The summed E-state index contributed by atoms with van der Waals surface area (Å²) in [6.45, 7) is 1.64. The molecule has 4 aromatic rings. The Morgan fingerprint density at radius 2 is 1.94 bits per heavy atom. The average Bonchev–Trinajstić information content (AvgIpc) is 3.65. The number of furan rings is 3. The molecule has 0 spiro atoms. The first-order valence-electron chi connectivity index (χ1n) is 11.6. The van der Waals surface area contributed by atoms with Crippen LogP contribution in [0.4, 0.5) is 0 Å². The second-order valence-electron chi connectivity index (χ2n) is 8.56. The molecule has 0 unspecified atom stereocenters. The molecular formula is C24H26N6O5. The molecular weight excluding hydrogens is 452 g/mol. The van der Waals surface area contributed by atoms with E-state index < -0.39 is 11.9 Å². The lowest BCUT2D eigenvalue weighted by Gasteiger charge is -2.30. The topological polar surface area (TPSA) is 132 Å². The van der Waals surface area contributed by atoms with Gasteiger partial charge in [0.25, 0.3) is 5.91 Å². The van der Waals surface area contributed by atoms with Crippen molar-refractivity contribution in [3.8, 4) is 11.6 Å². The maximum Gasteiger partial charge on any atom is 0.250 e. The molecule has 1 N–H and O–H groups in total. The molecule has 35 heavy (non-hydrogen) atoms. The van der Waals surface area contributed by atoms with E-state index in [0.717, 1.165) is 25.7 Å². The molecule has 1 saturated carbocycles. The smallest absolute Gasteiger partial charge is 0.250 e. The summed E-state index contributed by atoms with van der Waals surface area (Å²) < 4.78 is 16.6. The van der Waals surface area contributed by atoms with Crippen LogP contribution in [0.25, 0.3) is 11.6 Å². The number of nitrogens with zero attached hydrogens (tertiary/aromatic N) is 5. The van der Waals surface area contributed by atoms with Crippen molar-refractivity contribution < 1.29 is 22.8 Å². The number of tetrazole rings is 1. The van der Waals surface area contributed by atoms with E-state index in [1.165, 1.54) is 22.2 Å². The van der Waals surface area contributed by atoms with Crippen molar-refractivity contribution in [1.82, 2.24) is 30.4 Å². The Morgan fingerprint density at radius 3 is 2.63 bits per heavy atom. The maximum absolute atomic E-state index is 13.6. The van der Waals surface area contributed by atoms with Crippen molar-refractivity contribution in [2.24, 2.45) is 0 Å². The van der Waals surface area contributed by atoms with Gasteiger partial charge >= 0.3 is 0 Å². The first kappa shape index (κ1) is 22.6. The van der Waals surface area contributed by atoms with Gasteiger partial charge in [-0.1, -0.05) is 12.8 Å². The minimum absolute atomic E-state index is 0.0637. The van der Waals surface area contributed by atoms with Gasteiger partial charge in [-0.2, -0.15) is 4.80 Å². The highest BCUT2D eigenvalue weighted by Crippen LogP contribution is 2.27. The van der Waals surface area contributed by atoms with Crippen LogP contribution in [0.15, 0.2) is 62.2 Å². The lowest BCUT2D eigenvalue weighted by Crippen LogP contribution is -2.46. The average molecular weight is 479 g/mol. The Bertz CT molecular complexity index is 1250. The van der Waals surface area contributed by atoms with Crippen LogP contribution in [0, 0.1) is 6.92 Å². The van der Waals surface area contributed by atoms with Gasteiger partial charge in [-0.3, -0.25) is 9.59 Å². The standard InChI is InChI=1S/C24H26N6O5/c1-16-10-11-20(35-16)23-26-28-30(27-23)15-21(31)29(14-18-8-4-12-33-18)22(19-9-5-13-34-19)24(32)25-17-6-2-3-7-17/h4-5,8-13,17,22H,2-3,6-7,14-15H2,1H3,(H,25,32)/t22-/m0/s1. The predicted molar refractivity (Wildman–Crippen MR) is 121 cm³/mol. The largest absolute Gasteiger partial charge is 0.467 e. The fraction of sp³-hybridized carbons (Fsp3) is 0.375. The summed E-state index contributed by atoms with van der Waals surface area (Å²) >= 11 is 0. The Kier molecular flexibility index (Phi) is 6.47. The van der Waals surface area contributed by atoms with E-state index in [1.54, 1.807) is 36.4 Å². The third kappa shape index (κ3) is 5.18. The zero-order valence-electron chi connectivity index (χ0n) is 19.3. The number of nitrogens with one attached hydrogen (secondary N) is 1. The molecule has 1 aliphatic rings. The van der Waals surface area contributed by atoms with Gasteiger partial charge < -0.3 is 23.5 Å². The monoisotopic (exact) mass is 478 g/mol. The van der Waals surface area contributed by atoms with Gasteiger partial charge in [0.1, 0.15) is 23.8 Å². The molecule has 0 radical (unpaired) electrons. The molecule has 1 aliphatic carbocycles. The summed E-state index contributed by atoms with van der Waals surface area (Å²) in [7, 11) is 0. The second kappa shape index (κ2) is 10.00. The normalized spacial score (nSPS) is 14.8. The van der Waals surface area contributed by atoms with Crippen molar-refractivity contribution in [3.05, 3.63) is 66.2 Å². The summed E-state index contributed by atoms with van der Waals surface area (Å²) in [6, 6.07) is 9.49. The summed E-state index contributed by atoms with van der Waals surface area (Å²) in [5, 5.41) is 15.3. The lowest BCUT2D eigenvalue weighted by molar-refractivity contribution is -0.143. The number of carbonyl (C=O) groups is 2.